The molecule has 0 saturated carbocycles. The second kappa shape index (κ2) is 11.9. The normalized spacial score (nSPS) is 19.6. The molecule has 6 heteroatoms. The number of likely N-dealkylation sites (tertiary alicyclic amines) is 1. The summed E-state index contributed by atoms with van der Waals surface area (Å²) in [5, 5.41) is 3.50. The minimum atomic E-state index is 0. The van der Waals surface area contributed by atoms with Gasteiger partial charge in [-0.05, 0) is 42.7 Å². The molecule has 1 aromatic rings. The first-order chi connectivity index (χ1) is 12.7. The molecule has 0 aliphatic carbocycles. The van der Waals surface area contributed by atoms with Gasteiger partial charge in [0.05, 0.1) is 12.7 Å². The smallest absolute Gasteiger partial charge is 0.193 e. The minimum Gasteiger partial charge on any atom is -0.381 e. The Morgan fingerprint density at radius 1 is 1.11 bits per heavy atom. The van der Waals surface area contributed by atoms with Crippen molar-refractivity contribution < 1.29 is 9.47 Å². The third kappa shape index (κ3) is 7.23. The number of ether oxygens (including phenoxy) is 2. The SMILES string of the molecule is CN=C(NCc1ccc(COC2CCOCC2)cc1)N1CCC(C)CC1.I. The maximum atomic E-state index is 5.99. The molecule has 1 N–H and O–H groups in total. The maximum Gasteiger partial charge on any atom is 0.193 e. The number of hydrogen-bond donors (Lipinski definition) is 1. The van der Waals surface area contributed by atoms with Crippen molar-refractivity contribution in [2.75, 3.05) is 33.4 Å². The summed E-state index contributed by atoms with van der Waals surface area (Å²) in [6.45, 7) is 7.68. The van der Waals surface area contributed by atoms with Crippen LogP contribution in [0.4, 0.5) is 0 Å². The Morgan fingerprint density at radius 3 is 2.37 bits per heavy atom. The second-order valence-electron chi connectivity index (χ2n) is 7.51. The van der Waals surface area contributed by atoms with Gasteiger partial charge in [0.25, 0.3) is 0 Å². The van der Waals surface area contributed by atoms with Crippen LogP contribution in [0.1, 0.15) is 43.7 Å². The zero-order valence-electron chi connectivity index (χ0n) is 16.7. The van der Waals surface area contributed by atoms with E-state index < -0.39 is 0 Å². The Hall–Kier alpha value is -0.860. The third-order valence-electron chi connectivity index (χ3n) is 5.42. The topological polar surface area (TPSA) is 46.1 Å². The first-order valence-electron chi connectivity index (χ1n) is 9.97. The Kier molecular flexibility index (Phi) is 9.86. The fourth-order valence-electron chi connectivity index (χ4n) is 3.54. The Balaban J connectivity index is 0.00000261. The van der Waals surface area contributed by atoms with Crippen molar-refractivity contribution in [2.45, 2.75) is 51.9 Å². The van der Waals surface area contributed by atoms with Crippen LogP contribution in [0.3, 0.4) is 0 Å². The van der Waals surface area contributed by atoms with Gasteiger partial charge in [0.15, 0.2) is 5.96 Å². The molecule has 5 nitrogen and oxygen atoms in total. The average Bonchev–Trinajstić information content (AvgIpc) is 2.70. The summed E-state index contributed by atoms with van der Waals surface area (Å²) in [6.07, 6.45) is 4.87. The van der Waals surface area contributed by atoms with Gasteiger partial charge in [0, 0.05) is 39.9 Å². The number of benzene rings is 1. The number of nitrogens with zero attached hydrogens (tertiary/aromatic N) is 2. The summed E-state index contributed by atoms with van der Waals surface area (Å²) >= 11 is 0. The van der Waals surface area contributed by atoms with Crippen molar-refractivity contribution >= 4 is 29.9 Å². The van der Waals surface area contributed by atoms with Gasteiger partial charge in [-0.2, -0.15) is 0 Å². The van der Waals surface area contributed by atoms with Crippen molar-refractivity contribution in [2.24, 2.45) is 10.9 Å². The maximum absolute atomic E-state index is 5.99. The highest BCUT2D eigenvalue weighted by Gasteiger charge is 2.18. The largest absolute Gasteiger partial charge is 0.381 e. The molecule has 3 rings (SSSR count). The average molecular weight is 487 g/mol. The molecule has 2 aliphatic rings. The highest BCUT2D eigenvalue weighted by molar-refractivity contribution is 14.0. The fourth-order valence-corrected chi connectivity index (χ4v) is 3.54. The van der Waals surface area contributed by atoms with Gasteiger partial charge in [-0.15, -0.1) is 24.0 Å². The lowest BCUT2D eigenvalue weighted by Crippen LogP contribution is -2.45. The molecule has 0 aromatic heterocycles. The lowest BCUT2D eigenvalue weighted by molar-refractivity contribution is -0.0390. The van der Waals surface area contributed by atoms with Gasteiger partial charge in [0.1, 0.15) is 0 Å². The van der Waals surface area contributed by atoms with Crippen molar-refractivity contribution in [3.05, 3.63) is 35.4 Å². The molecule has 0 amide bonds. The molecule has 0 spiro atoms. The van der Waals surface area contributed by atoms with Gasteiger partial charge in [0.2, 0.25) is 0 Å². The van der Waals surface area contributed by atoms with Crippen molar-refractivity contribution in [1.82, 2.24) is 10.2 Å². The number of guanidine groups is 1. The predicted molar refractivity (Wildman–Crippen MR) is 121 cm³/mol. The third-order valence-corrected chi connectivity index (χ3v) is 5.42. The fraction of sp³-hybridized carbons (Fsp3) is 0.667. The van der Waals surface area contributed by atoms with Gasteiger partial charge in [-0.25, -0.2) is 0 Å². The van der Waals surface area contributed by atoms with E-state index in [0.29, 0.717) is 12.7 Å². The van der Waals surface area contributed by atoms with Crippen LogP contribution in [0.5, 0.6) is 0 Å². The van der Waals surface area contributed by atoms with Crippen LogP contribution in [0.2, 0.25) is 0 Å². The highest BCUT2D eigenvalue weighted by atomic mass is 127. The molecule has 2 aliphatic heterocycles. The molecule has 0 atom stereocenters. The zero-order chi connectivity index (χ0) is 18.2. The van der Waals surface area contributed by atoms with E-state index in [1.54, 1.807) is 0 Å². The van der Waals surface area contributed by atoms with Gasteiger partial charge >= 0.3 is 0 Å². The van der Waals surface area contributed by atoms with Crippen molar-refractivity contribution in [3.63, 3.8) is 0 Å². The van der Waals surface area contributed by atoms with Crippen LogP contribution < -0.4 is 5.32 Å². The molecule has 152 valence electrons. The molecule has 2 fully saturated rings. The van der Waals surface area contributed by atoms with Crippen LogP contribution in [-0.4, -0.2) is 50.3 Å². The van der Waals surface area contributed by atoms with E-state index in [1.807, 2.05) is 7.05 Å². The second-order valence-corrected chi connectivity index (χ2v) is 7.51. The van der Waals surface area contributed by atoms with Crippen LogP contribution in [-0.2, 0) is 22.6 Å². The van der Waals surface area contributed by atoms with Crippen LogP contribution >= 0.6 is 24.0 Å². The predicted octanol–water partition coefficient (Wildman–Crippen LogP) is 3.81. The number of aliphatic imine (C=N–C) groups is 1. The monoisotopic (exact) mass is 487 g/mol. The quantitative estimate of drug-likeness (QED) is 0.390. The number of piperidine rings is 1. The van der Waals surface area contributed by atoms with E-state index in [9.17, 15) is 0 Å². The van der Waals surface area contributed by atoms with Gasteiger partial charge in [-0.3, -0.25) is 4.99 Å². The molecule has 0 radical (unpaired) electrons. The lowest BCUT2D eigenvalue weighted by atomic mass is 9.99. The van der Waals surface area contributed by atoms with Crippen LogP contribution in [0.15, 0.2) is 29.3 Å². The summed E-state index contributed by atoms with van der Waals surface area (Å²) in [5.41, 5.74) is 2.50. The molecule has 0 bridgehead atoms. The Bertz CT molecular complexity index is 565. The van der Waals surface area contributed by atoms with Gasteiger partial charge in [-0.1, -0.05) is 31.2 Å². The van der Waals surface area contributed by atoms with E-state index in [-0.39, 0.29) is 24.0 Å². The minimum absolute atomic E-state index is 0. The summed E-state index contributed by atoms with van der Waals surface area (Å²) < 4.78 is 11.4. The van der Waals surface area contributed by atoms with Crippen molar-refractivity contribution in [1.29, 1.82) is 0 Å². The standard InChI is InChI=1S/C21H33N3O2.HI/c1-17-7-11-24(12-8-17)21(22-2)23-15-18-3-5-19(6-4-18)16-26-20-9-13-25-14-10-20;/h3-6,17,20H,7-16H2,1-2H3,(H,22,23);1H. The van der Waals surface area contributed by atoms with E-state index >= 15 is 0 Å². The highest BCUT2D eigenvalue weighted by Crippen LogP contribution is 2.16. The number of halogens is 1. The Morgan fingerprint density at radius 2 is 1.74 bits per heavy atom. The number of hydrogen-bond acceptors (Lipinski definition) is 3. The van der Waals surface area contributed by atoms with Crippen LogP contribution in [0.25, 0.3) is 0 Å². The molecular formula is C21H34IN3O2. The molecule has 2 heterocycles. The van der Waals surface area contributed by atoms with E-state index in [0.717, 1.165) is 57.6 Å². The first kappa shape index (κ1) is 22.4. The first-order valence-corrected chi connectivity index (χ1v) is 9.97. The van der Waals surface area contributed by atoms with Crippen molar-refractivity contribution in [3.8, 4) is 0 Å². The van der Waals surface area contributed by atoms with E-state index in [2.05, 4.69) is 46.4 Å². The lowest BCUT2D eigenvalue weighted by Gasteiger charge is -2.32. The van der Waals surface area contributed by atoms with E-state index in [4.69, 9.17) is 9.47 Å². The molecule has 1 aromatic carbocycles. The van der Waals surface area contributed by atoms with E-state index in [1.165, 1.54) is 24.0 Å². The molecule has 0 unspecified atom stereocenters. The summed E-state index contributed by atoms with van der Waals surface area (Å²) in [7, 11) is 1.87. The summed E-state index contributed by atoms with van der Waals surface area (Å²) in [4.78, 5) is 6.82. The summed E-state index contributed by atoms with van der Waals surface area (Å²) in [5.74, 6) is 1.85. The summed E-state index contributed by atoms with van der Waals surface area (Å²) in [6, 6.07) is 8.70. The molecular weight excluding hydrogens is 453 g/mol. The number of nitrogens with one attached hydrogen (secondary N) is 1. The van der Waals surface area contributed by atoms with Gasteiger partial charge < -0.3 is 19.7 Å². The molecule has 2 saturated heterocycles. The number of rotatable bonds is 5. The Labute approximate surface area is 180 Å². The van der Waals surface area contributed by atoms with Crippen LogP contribution in [0, 0.1) is 5.92 Å². The molecule has 27 heavy (non-hydrogen) atoms. The zero-order valence-corrected chi connectivity index (χ0v) is 19.0.